The summed E-state index contributed by atoms with van der Waals surface area (Å²) in [5, 5.41) is 3.23. The van der Waals surface area contributed by atoms with Crippen molar-refractivity contribution in [1.82, 2.24) is 9.97 Å². The van der Waals surface area contributed by atoms with Gasteiger partial charge in [0, 0.05) is 19.2 Å². The summed E-state index contributed by atoms with van der Waals surface area (Å²) < 4.78 is 10.6. The van der Waals surface area contributed by atoms with Crippen molar-refractivity contribution in [2.75, 3.05) is 19.0 Å². The fourth-order valence-electron chi connectivity index (χ4n) is 1.32. The molecule has 0 bridgehead atoms. The van der Waals surface area contributed by atoms with Crippen LogP contribution in [0.25, 0.3) is 0 Å². The van der Waals surface area contributed by atoms with E-state index in [0.29, 0.717) is 31.0 Å². The number of nitrogens with one attached hydrogen (secondary N) is 1. The molecular formula is C12H21N3O2. The Hall–Kier alpha value is -1.36. The Balaban J connectivity index is 2.84. The molecule has 0 spiro atoms. The second-order valence-electron chi connectivity index (χ2n) is 4.09. The molecule has 0 aromatic carbocycles. The van der Waals surface area contributed by atoms with Gasteiger partial charge in [0.05, 0.1) is 6.61 Å². The van der Waals surface area contributed by atoms with Crippen molar-refractivity contribution in [2.24, 2.45) is 0 Å². The molecule has 1 N–H and O–H groups in total. The van der Waals surface area contributed by atoms with E-state index >= 15 is 0 Å². The smallest absolute Gasteiger partial charge is 0.218 e. The highest BCUT2D eigenvalue weighted by Crippen LogP contribution is 2.15. The predicted molar refractivity (Wildman–Crippen MR) is 67.3 cm³/mol. The topological polar surface area (TPSA) is 56.3 Å². The van der Waals surface area contributed by atoms with E-state index in [4.69, 9.17) is 9.47 Å². The molecule has 0 saturated carbocycles. The van der Waals surface area contributed by atoms with E-state index in [1.54, 1.807) is 7.11 Å². The van der Waals surface area contributed by atoms with Crippen LogP contribution in [0.4, 0.5) is 5.82 Å². The monoisotopic (exact) mass is 239 g/mol. The summed E-state index contributed by atoms with van der Waals surface area (Å²) in [6.45, 7) is 7.22. The molecular weight excluding hydrogens is 218 g/mol. The van der Waals surface area contributed by atoms with Gasteiger partial charge in [-0.15, -0.1) is 0 Å². The van der Waals surface area contributed by atoms with Crippen molar-refractivity contribution in [3.63, 3.8) is 0 Å². The average Bonchev–Trinajstić information content (AvgIpc) is 2.25. The van der Waals surface area contributed by atoms with Crippen molar-refractivity contribution < 1.29 is 9.47 Å². The van der Waals surface area contributed by atoms with Gasteiger partial charge in [0.2, 0.25) is 5.88 Å². The lowest BCUT2D eigenvalue weighted by Gasteiger charge is -2.12. The maximum absolute atomic E-state index is 5.52. The van der Waals surface area contributed by atoms with Crippen LogP contribution in [0.1, 0.15) is 33.0 Å². The second-order valence-corrected chi connectivity index (χ2v) is 4.09. The number of methoxy groups -OCH3 is 1. The third kappa shape index (κ3) is 4.99. The molecule has 5 nitrogen and oxygen atoms in total. The lowest BCUT2D eigenvalue weighted by Crippen LogP contribution is -2.13. The van der Waals surface area contributed by atoms with Gasteiger partial charge in [-0.05, 0) is 20.3 Å². The summed E-state index contributed by atoms with van der Waals surface area (Å²) in [4.78, 5) is 8.61. The first kappa shape index (κ1) is 13.7. The van der Waals surface area contributed by atoms with Crippen LogP contribution in [0.5, 0.6) is 5.88 Å². The van der Waals surface area contributed by atoms with E-state index in [9.17, 15) is 0 Å². The molecule has 0 amide bonds. The quantitative estimate of drug-likeness (QED) is 0.790. The number of nitrogens with zero attached hydrogens (tertiary/aromatic N) is 2. The summed E-state index contributed by atoms with van der Waals surface area (Å²) in [6.07, 6.45) is 0.955. The largest absolute Gasteiger partial charge is 0.478 e. The lowest BCUT2D eigenvalue weighted by atomic mass is 10.4. The number of hydrogen-bond donors (Lipinski definition) is 1. The second kappa shape index (κ2) is 7.06. The number of aromatic nitrogens is 2. The summed E-state index contributed by atoms with van der Waals surface area (Å²) in [6, 6.07) is 2.13. The van der Waals surface area contributed by atoms with Gasteiger partial charge in [-0.2, -0.15) is 4.98 Å². The van der Waals surface area contributed by atoms with E-state index < -0.39 is 0 Å². The van der Waals surface area contributed by atoms with E-state index in [0.717, 1.165) is 12.2 Å². The minimum absolute atomic E-state index is 0.319. The molecule has 0 fully saturated rings. The number of rotatable bonds is 7. The van der Waals surface area contributed by atoms with Crippen molar-refractivity contribution in [1.29, 1.82) is 0 Å². The maximum Gasteiger partial charge on any atom is 0.218 e. The summed E-state index contributed by atoms with van der Waals surface area (Å²) in [5.41, 5.74) is 0. The average molecular weight is 239 g/mol. The molecule has 0 radical (unpaired) electrons. The zero-order valence-electron chi connectivity index (χ0n) is 11.0. The van der Waals surface area contributed by atoms with Gasteiger partial charge in [-0.3, -0.25) is 0 Å². The minimum atomic E-state index is 0.319. The van der Waals surface area contributed by atoms with Crippen LogP contribution < -0.4 is 10.1 Å². The third-order valence-corrected chi connectivity index (χ3v) is 1.91. The first-order chi connectivity index (χ1) is 8.15. The molecule has 1 aromatic heterocycles. The Labute approximate surface area is 103 Å². The van der Waals surface area contributed by atoms with Crippen LogP contribution in [0.3, 0.4) is 0 Å². The van der Waals surface area contributed by atoms with Gasteiger partial charge >= 0.3 is 0 Å². The van der Waals surface area contributed by atoms with Gasteiger partial charge in [0.15, 0.2) is 5.82 Å². The summed E-state index contributed by atoms with van der Waals surface area (Å²) >= 11 is 0. The zero-order valence-corrected chi connectivity index (χ0v) is 11.0. The van der Waals surface area contributed by atoms with Crippen molar-refractivity contribution in [2.45, 2.75) is 39.8 Å². The molecule has 0 aliphatic carbocycles. The van der Waals surface area contributed by atoms with Crippen LogP contribution in [-0.4, -0.2) is 29.7 Å². The van der Waals surface area contributed by atoms with E-state index in [1.165, 1.54) is 0 Å². The molecule has 1 aromatic rings. The Morgan fingerprint density at radius 1 is 1.35 bits per heavy atom. The van der Waals surface area contributed by atoms with Crippen LogP contribution in [-0.2, 0) is 11.3 Å². The molecule has 0 aliphatic rings. The highest BCUT2D eigenvalue weighted by molar-refractivity contribution is 5.39. The maximum atomic E-state index is 5.52. The first-order valence-electron chi connectivity index (χ1n) is 5.92. The fourth-order valence-corrected chi connectivity index (χ4v) is 1.32. The van der Waals surface area contributed by atoms with Crippen LogP contribution in [0, 0.1) is 0 Å². The van der Waals surface area contributed by atoms with Gasteiger partial charge in [-0.1, -0.05) is 6.92 Å². The molecule has 1 rings (SSSR count). The normalized spacial score (nSPS) is 10.6. The standard InChI is InChI=1S/C12H21N3O2/c1-5-6-17-12-7-10(13-9(2)3)14-11(15-12)8-16-4/h7,9H,5-6,8H2,1-4H3,(H,13,14,15). The molecule has 0 saturated heterocycles. The fraction of sp³-hybridized carbons (Fsp3) is 0.667. The Kier molecular flexibility index (Phi) is 5.69. The molecule has 1 heterocycles. The molecule has 0 unspecified atom stereocenters. The van der Waals surface area contributed by atoms with Crippen molar-refractivity contribution in [3.8, 4) is 5.88 Å². The first-order valence-corrected chi connectivity index (χ1v) is 5.92. The van der Waals surface area contributed by atoms with E-state index in [-0.39, 0.29) is 0 Å². The minimum Gasteiger partial charge on any atom is -0.478 e. The number of ether oxygens (including phenoxy) is 2. The highest BCUT2D eigenvalue weighted by Gasteiger charge is 2.06. The Bertz CT molecular complexity index is 343. The van der Waals surface area contributed by atoms with Crippen LogP contribution in [0.15, 0.2) is 6.07 Å². The highest BCUT2D eigenvalue weighted by atomic mass is 16.5. The van der Waals surface area contributed by atoms with Crippen molar-refractivity contribution >= 4 is 5.82 Å². The van der Waals surface area contributed by atoms with Crippen LogP contribution in [0.2, 0.25) is 0 Å². The van der Waals surface area contributed by atoms with E-state index in [1.807, 2.05) is 6.07 Å². The number of anilines is 1. The molecule has 0 atom stereocenters. The van der Waals surface area contributed by atoms with Crippen molar-refractivity contribution in [3.05, 3.63) is 11.9 Å². The van der Waals surface area contributed by atoms with Gasteiger partial charge in [0.1, 0.15) is 12.4 Å². The number of hydrogen-bond acceptors (Lipinski definition) is 5. The molecule has 17 heavy (non-hydrogen) atoms. The van der Waals surface area contributed by atoms with Gasteiger partial charge in [0.25, 0.3) is 0 Å². The molecule has 96 valence electrons. The van der Waals surface area contributed by atoms with Crippen LogP contribution >= 0.6 is 0 Å². The van der Waals surface area contributed by atoms with Gasteiger partial charge in [-0.25, -0.2) is 4.98 Å². The van der Waals surface area contributed by atoms with E-state index in [2.05, 4.69) is 36.1 Å². The Morgan fingerprint density at radius 3 is 2.71 bits per heavy atom. The molecule has 0 aliphatic heterocycles. The SMILES string of the molecule is CCCOc1cc(NC(C)C)nc(COC)n1. The zero-order chi connectivity index (χ0) is 12.7. The lowest BCUT2D eigenvalue weighted by molar-refractivity contribution is 0.176. The predicted octanol–water partition coefficient (Wildman–Crippen LogP) is 2.23. The third-order valence-electron chi connectivity index (χ3n) is 1.91. The summed E-state index contributed by atoms with van der Waals surface area (Å²) in [5.74, 6) is 1.99. The Morgan fingerprint density at radius 2 is 2.12 bits per heavy atom. The van der Waals surface area contributed by atoms with Gasteiger partial charge < -0.3 is 14.8 Å². The molecule has 5 heteroatoms. The summed E-state index contributed by atoms with van der Waals surface area (Å²) in [7, 11) is 1.62.